The van der Waals surface area contributed by atoms with Crippen LogP contribution in [0.25, 0.3) is 10.9 Å². The predicted molar refractivity (Wildman–Crippen MR) is 100 cm³/mol. The molecule has 2 aromatic heterocycles. The number of nitrogens with zero attached hydrogens (tertiary/aromatic N) is 5. The molecular formula is C20H17F4N5. The fraction of sp³-hybridized carbons (Fsp3) is 0.350. The van der Waals surface area contributed by atoms with Crippen molar-refractivity contribution in [3.05, 3.63) is 54.2 Å². The van der Waals surface area contributed by atoms with Crippen LogP contribution in [0.15, 0.2) is 42.9 Å². The first-order valence-corrected chi connectivity index (χ1v) is 9.32. The van der Waals surface area contributed by atoms with Crippen molar-refractivity contribution in [2.45, 2.75) is 6.18 Å². The van der Waals surface area contributed by atoms with Crippen LogP contribution in [0.1, 0.15) is 5.56 Å². The molecule has 2 aliphatic heterocycles. The van der Waals surface area contributed by atoms with E-state index in [1.54, 1.807) is 11.0 Å². The molecule has 2 aliphatic rings. The molecule has 0 saturated carbocycles. The lowest BCUT2D eigenvalue weighted by Crippen LogP contribution is -2.31. The molecule has 150 valence electrons. The Hall–Kier alpha value is -2.97. The summed E-state index contributed by atoms with van der Waals surface area (Å²) in [5, 5.41) is 0.773. The summed E-state index contributed by atoms with van der Waals surface area (Å²) in [5.74, 6) is 0.813. The van der Waals surface area contributed by atoms with Crippen LogP contribution in [0.4, 0.5) is 29.2 Å². The molecule has 2 unspecified atom stereocenters. The Morgan fingerprint density at radius 3 is 2.24 bits per heavy atom. The zero-order chi connectivity index (χ0) is 20.2. The molecule has 0 amide bonds. The maximum Gasteiger partial charge on any atom is 0.419 e. The topological polar surface area (TPSA) is 45.2 Å². The van der Waals surface area contributed by atoms with Gasteiger partial charge in [0, 0.05) is 55.7 Å². The van der Waals surface area contributed by atoms with E-state index in [1.807, 2.05) is 0 Å². The van der Waals surface area contributed by atoms with Gasteiger partial charge in [-0.25, -0.2) is 19.3 Å². The average Bonchev–Trinajstić information content (AvgIpc) is 3.26. The van der Waals surface area contributed by atoms with E-state index in [1.165, 1.54) is 30.7 Å². The second-order valence-electron chi connectivity index (χ2n) is 7.56. The number of fused-ring (bicyclic) bond motifs is 2. The van der Waals surface area contributed by atoms with Gasteiger partial charge in [0.05, 0.1) is 11.1 Å². The highest BCUT2D eigenvalue weighted by molar-refractivity contribution is 5.89. The van der Waals surface area contributed by atoms with Gasteiger partial charge in [0.25, 0.3) is 0 Å². The van der Waals surface area contributed by atoms with E-state index in [0.29, 0.717) is 31.7 Å². The van der Waals surface area contributed by atoms with E-state index in [-0.39, 0.29) is 23.5 Å². The van der Waals surface area contributed by atoms with E-state index in [9.17, 15) is 17.6 Å². The van der Waals surface area contributed by atoms with E-state index < -0.39 is 11.7 Å². The van der Waals surface area contributed by atoms with Crippen LogP contribution >= 0.6 is 0 Å². The molecular weight excluding hydrogens is 386 g/mol. The zero-order valence-electron chi connectivity index (χ0n) is 15.3. The van der Waals surface area contributed by atoms with Gasteiger partial charge in [-0.05, 0) is 24.3 Å². The van der Waals surface area contributed by atoms with Gasteiger partial charge >= 0.3 is 6.18 Å². The first-order chi connectivity index (χ1) is 13.9. The lowest BCUT2D eigenvalue weighted by Gasteiger charge is -2.25. The molecule has 1 aromatic carbocycles. The van der Waals surface area contributed by atoms with E-state index >= 15 is 0 Å². The minimum Gasteiger partial charge on any atom is -0.355 e. The number of hydrogen-bond acceptors (Lipinski definition) is 5. The van der Waals surface area contributed by atoms with Gasteiger partial charge in [-0.15, -0.1) is 0 Å². The van der Waals surface area contributed by atoms with Crippen LogP contribution < -0.4 is 9.80 Å². The second-order valence-corrected chi connectivity index (χ2v) is 7.56. The zero-order valence-corrected chi connectivity index (χ0v) is 15.3. The fourth-order valence-electron chi connectivity index (χ4n) is 4.48. The average molecular weight is 403 g/mol. The number of rotatable bonds is 2. The van der Waals surface area contributed by atoms with Crippen molar-refractivity contribution < 1.29 is 17.6 Å². The van der Waals surface area contributed by atoms with Crippen molar-refractivity contribution >= 4 is 22.5 Å². The molecule has 2 fully saturated rings. The second kappa shape index (κ2) is 6.53. The summed E-state index contributed by atoms with van der Waals surface area (Å²) >= 11 is 0. The maximum atomic E-state index is 13.5. The van der Waals surface area contributed by atoms with Crippen LogP contribution in [-0.4, -0.2) is 41.1 Å². The Labute approximate surface area is 164 Å². The predicted octanol–water partition coefficient (Wildman–Crippen LogP) is 3.76. The van der Waals surface area contributed by atoms with Crippen molar-refractivity contribution in [1.29, 1.82) is 0 Å². The fourth-order valence-corrected chi connectivity index (χ4v) is 4.48. The number of benzene rings is 1. The SMILES string of the molecule is Fc1ccc2c(N3CC4CN(c5ncccc5C(F)(F)F)CC4C3)ncnc2c1. The van der Waals surface area contributed by atoms with E-state index in [2.05, 4.69) is 19.9 Å². The molecule has 0 bridgehead atoms. The highest BCUT2D eigenvalue weighted by Gasteiger charge is 2.44. The summed E-state index contributed by atoms with van der Waals surface area (Å²) in [7, 11) is 0. The molecule has 0 spiro atoms. The number of aromatic nitrogens is 3. The summed E-state index contributed by atoms with van der Waals surface area (Å²) in [4.78, 5) is 16.4. The minimum absolute atomic E-state index is 0.00362. The number of pyridine rings is 1. The van der Waals surface area contributed by atoms with Gasteiger partial charge in [0.15, 0.2) is 0 Å². The number of hydrogen-bond donors (Lipinski definition) is 0. The lowest BCUT2D eigenvalue weighted by molar-refractivity contribution is -0.137. The molecule has 9 heteroatoms. The van der Waals surface area contributed by atoms with Crippen LogP contribution in [-0.2, 0) is 6.18 Å². The van der Waals surface area contributed by atoms with Crippen molar-refractivity contribution in [3.8, 4) is 0 Å². The van der Waals surface area contributed by atoms with Crippen LogP contribution in [0, 0.1) is 17.7 Å². The van der Waals surface area contributed by atoms with Gasteiger partial charge in [0.2, 0.25) is 0 Å². The Bertz CT molecular complexity index is 1060. The smallest absolute Gasteiger partial charge is 0.355 e. The molecule has 2 saturated heterocycles. The Morgan fingerprint density at radius 1 is 0.862 bits per heavy atom. The van der Waals surface area contributed by atoms with E-state index in [0.717, 1.165) is 17.3 Å². The molecule has 29 heavy (non-hydrogen) atoms. The summed E-state index contributed by atoms with van der Waals surface area (Å²) in [6.07, 6.45) is -1.61. The highest BCUT2D eigenvalue weighted by atomic mass is 19.4. The van der Waals surface area contributed by atoms with Crippen LogP contribution in [0.5, 0.6) is 0 Å². The van der Waals surface area contributed by atoms with Gasteiger partial charge in [0.1, 0.15) is 23.8 Å². The molecule has 5 nitrogen and oxygen atoms in total. The first kappa shape index (κ1) is 18.1. The molecule has 3 aromatic rings. The monoisotopic (exact) mass is 403 g/mol. The number of halogens is 4. The largest absolute Gasteiger partial charge is 0.419 e. The molecule has 2 atom stereocenters. The summed E-state index contributed by atoms with van der Waals surface area (Å²) in [6, 6.07) is 6.82. The third kappa shape index (κ3) is 3.14. The lowest BCUT2D eigenvalue weighted by atomic mass is 10.0. The van der Waals surface area contributed by atoms with Crippen molar-refractivity contribution in [3.63, 3.8) is 0 Å². The standard InChI is InChI=1S/C20H17F4N5/c21-14-3-4-15-17(6-14)26-11-27-18(15)28-7-12-9-29(10-13(12)8-28)19-16(20(22,23)24)2-1-5-25-19/h1-6,11-13H,7-10H2. The molecule has 0 radical (unpaired) electrons. The van der Waals surface area contributed by atoms with Crippen molar-refractivity contribution in [2.75, 3.05) is 36.0 Å². The molecule has 4 heterocycles. The normalized spacial score (nSPS) is 21.8. The van der Waals surface area contributed by atoms with Gasteiger partial charge in [-0.1, -0.05) is 0 Å². The quantitative estimate of drug-likeness (QED) is 0.610. The van der Waals surface area contributed by atoms with Crippen molar-refractivity contribution in [2.24, 2.45) is 11.8 Å². The summed E-state index contributed by atoms with van der Waals surface area (Å²) in [5.41, 5.74) is -0.155. The van der Waals surface area contributed by atoms with Gasteiger partial charge < -0.3 is 9.80 Å². The summed E-state index contributed by atoms with van der Waals surface area (Å²) < 4.78 is 53.5. The van der Waals surface area contributed by atoms with Crippen molar-refractivity contribution in [1.82, 2.24) is 15.0 Å². The van der Waals surface area contributed by atoms with E-state index in [4.69, 9.17) is 0 Å². The third-order valence-electron chi connectivity index (χ3n) is 5.75. The van der Waals surface area contributed by atoms with Crippen LogP contribution in [0.2, 0.25) is 0 Å². The highest BCUT2D eigenvalue weighted by Crippen LogP contribution is 2.40. The number of alkyl halides is 3. The molecule has 0 aliphatic carbocycles. The third-order valence-corrected chi connectivity index (χ3v) is 5.75. The Kier molecular flexibility index (Phi) is 4.07. The molecule has 0 N–H and O–H groups in total. The Morgan fingerprint density at radius 2 is 1.55 bits per heavy atom. The minimum atomic E-state index is -4.43. The Balaban J connectivity index is 1.38. The molecule has 5 rings (SSSR count). The number of anilines is 2. The van der Waals surface area contributed by atoms with Gasteiger partial charge in [-0.2, -0.15) is 13.2 Å². The van der Waals surface area contributed by atoms with Crippen LogP contribution in [0.3, 0.4) is 0 Å². The van der Waals surface area contributed by atoms with Gasteiger partial charge in [-0.3, -0.25) is 0 Å². The first-order valence-electron chi connectivity index (χ1n) is 9.32. The summed E-state index contributed by atoms with van der Waals surface area (Å²) in [6.45, 7) is 2.38. The maximum absolute atomic E-state index is 13.5.